The monoisotopic (exact) mass is 293 g/mol. The maximum atomic E-state index is 13.4. The summed E-state index contributed by atoms with van der Waals surface area (Å²) in [6, 6.07) is 7.26. The Balaban J connectivity index is 2.30. The van der Waals surface area contributed by atoms with Crippen LogP contribution in [0.5, 0.6) is 0 Å². The average molecular weight is 294 g/mol. The van der Waals surface area contributed by atoms with E-state index in [-0.39, 0.29) is 5.69 Å². The first-order chi connectivity index (χ1) is 9.47. The molecule has 6 heteroatoms. The lowest BCUT2D eigenvalue weighted by Crippen LogP contribution is -1.99. The molecule has 0 fully saturated rings. The SMILES string of the molecule is Cn1c(-c2cc(F)c(F)cc2N)nc2cc(Cl)ccc21. The summed E-state index contributed by atoms with van der Waals surface area (Å²) in [4.78, 5) is 4.38. The quantitative estimate of drug-likeness (QED) is 0.694. The molecule has 2 N–H and O–H groups in total. The number of fused-ring (bicyclic) bond motifs is 1. The number of nitrogens with two attached hydrogens (primary N) is 1. The smallest absolute Gasteiger partial charge is 0.160 e. The zero-order chi connectivity index (χ0) is 14.4. The molecule has 0 amide bonds. The van der Waals surface area contributed by atoms with E-state index >= 15 is 0 Å². The Morgan fingerprint density at radius 1 is 1.15 bits per heavy atom. The highest BCUT2D eigenvalue weighted by atomic mass is 35.5. The number of imidazole rings is 1. The molecule has 3 nitrogen and oxygen atoms in total. The molecule has 0 unspecified atom stereocenters. The third-order valence-electron chi connectivity index (χ3n) is 3.18. The van der Waals surface area contributed by atoms with Gasteiger partial charge in [0.05, 0.1) is 11.0 Å². The van der Waals surface area contributed by atoms with Gasteiger partial charge in [-0.15, -0.1) is 0 Å². The van der Waals surface area contributed by atoms with Crippen LogP contribution < -0.4 is 5.73 Å². The highest BCUT2D eigenvalue weighted by Gasteiger charge is 2.15. The predicted octanol–water partition coefficient (Wildman–Crippen LogP) is 3.75. The van der Waals surface area contributed by atoms with Crippen LogP contribution in [0, 0.1) is 11.6 Å². The third kappa shape index (κ3) is 1.91. The first-order valence-corrected chi connectivity index (χ1v) is 6.22. The van der Waals surface area contributed by atoms with E-state index in [1.54, 1.807) is 23.7 Å². The van der Waals surface area contributed by atoms with Gasteiger partial charge in [0.25, 0.3) is 0 Å². The van der Waals surface area contributed by atoms with Crippen LogP contribution in [0.2, 0.25) is 5.02 Å². The Bertz CT molecular complexity index is 827. The number of nitrogen functional groups attached to an aromatic ring is 1. The van der Waals surface area contributed by atoms with Crippen molar-refractivity contribution in [2.75, 3.05) is 5.73 Å². The van der Waals surface area contributed by atoms with E-state index in [9.17, 15) is 8.78 Å². The van der Waals surface area contributed by atoms with Crippen molar-refractivity contribution in [3.05, 3.63) is 47.0 Å². The molecule has 3 rings (SSSR count). The normalized spacial score (nSPS) is 11.2. The Kier molecular flexibility index (Phi) is 2.87. The molecule has 0 bridgehead atoms. The first-order valence-electron chi connectivity index (χ1n) is 5.84. The van der Waals surface area contributed by atoms with Crippen molar-refractivity contribution < 1.29 is 8.78 Å². The van der Waals surface area contributed by atoms with Crippen molar-refractivity contribution in [2.24, 2.45) is 7.05 Å². The van der Waals surface area contributed by atoms with E-state index < -0.39 is 11.6 Å². The number of anilines is 1. The Morgan fingerprint density at radius 2 is 1.85 bits per heavy atom. The van der Waals surface area contributed by atoms with Crippen molar-refractivity contribution in [1.82, 2.24) is 9.55 Å². The second kappa shape index (κ2) is 4.45. The number of halogens is 3. The minimum Gasteiger partial charge on any atom is -0.398 e. The van der Waals surface area contributed by atoms with Crippen LogP contribution in [0.25, 0.3) is 22.4 Å². The summed E-state index contributed by atoms with van der Waals surface area (Å²) in [5, 5.41) is 0.556. The molecule has 0 spiro atoms. The van der Waals surface area contributed by atoms with Crippen LogP contribution in [0.1, 0.15) is 0 Å². The lowest BCUT2D eigenvalue weighted by molar-refractivity contribution is 0.509. The van der Waals surface area contributed by atoms with Crippen molar-refractivity contribution >= 4 is 28.3 Å². The van der Waals surface area contributed by atoms with Crippen LogP contribution in [-0.4, -0.2) is 9.55 Å². The van der Waals surface area contributed by atoms with E-state index in [4.69, 9.17) is 17.3 Å². The summed E-state index contributed by atoms with van der Waals surface area (Å²) in [5.74, 6) is -1.48. The molecule has 0 radical (unpaired) electrons. The van der Waals surface area contributed by atoms with Crippen molar-refractivity contribution in [1.29, 1.82) is 0 Å². The molecule has 0 saturated heterocycles. The van der Waals surface area contributed by atoms with E-state index in [0.29, 0.717) is 21.9 Å². The minimum atomic E-state index is -0.979. The predicted molar refractivity (Wildman–Crippen MR) is 75.5 cm³/mol. The fraction of sp³-hybridized carbons (Fsp3) is 0.0714. The lowest BCUT2D eigenvalue weighted by Gasteiger charge is -2.06. The van der Waals surface area contributed by atoms with Crippen LogP contribution in [0.15, 0.2) is 30.3 Å². The second-order valence-electron chi connectivity index (χ2n) is 4.48. The summed E-state index contributed by atoms with van der Waals surface area (Å²) in [7, 11) is 1.78. The standard InChI is InChI=1S/C14H10ClF2N3/c1-20-13-3-2-7(15)4-12(13)19-14(20)8-5-9(16)10(17)6-11(8)18/h2-6H,18H2,1H3. The number of nitrogens with zero attached hydrogens (tertiary/aromatic N) is 2. The first kappa shape index (κ1) is 12.9. The molecule has 0 atom stereocenters. The largest absolute Gasteiger partial charge is 0.398 e. The molecule has 3 aromatic rings. The molecule has 0 aliphatic carbocycles. The topological polar surface area (TPSA) is 43.8 Å². The van der Waals surface area contributed by atoms with E-state index in [0.717, 1.165) is 17.6 Å². The van der Waals surface area contributed by atoms with Crippen LogP contribution in [0.4, 0.5) is 14.5 Å². The number of aromatic nitrogens is 2. The molecule has 2 aromatic carbocycles. The van der Waals surface area contributed by atoms with Gasteiger partial charge in [0.15, 0.2) is 11.6 Å². The number of rotatable bonds is 1. The van der Waals surface area contributed by atoms with Crippen LogP contribution >= 0.6 is 11.6 Å². The summed E-state index contributed by atoms with van der Waals surface area (Å²) < 4.78 is 28.3. The van der Waals surface area contributed by atoms with Gasteiger partial charge in [0.2, 0.25) is 0 Å². The fourth-order valence-electron chi connectivity index (χ4n) is 2.17. The number of benzene rings is 2. The van der Waals surface area contributed by atoms with Gasteiger partial charge in [-0.2, -0.15) is 0 Å². The summed E-state index contributed by atoms with van der Waals surface area (Å²) in [6.07, 6.45) is 0. The maximum absolute atomic E-state index is 13.4. The molecule has 1 heterocycles. The number of hydrogen-bond acceptors (Lipinski definition) is 2. The van der Waals surface area contributed by atoms with Gasteiger partial charge in [-0.1, -0.05) is 11.6 Å². The van der Waals surface area contributed by atoms with E-state index in [1.165, 1.54) is 0 Å². The van der Waals surface area contributed by atoms with Crippen molar-refractivity contribution in [2.45, 2.75) is 0 Å². The zero-order valence-corrected chi connectivity index (χ0v) is 11.2. The van der Waals surface area contributed by atoms with Gasteiger partial charge in [-0.3, -0.25) is 0 Å². The molecule has 20 heavy (non-hydrogen) atoms. The summed E-state index contributed by atoms with van der Waals surface area (Å²) >= 11 is 5.92. The highest BCUT2D eigenvalue weighted by Crippen LogP contribution is 2.30. The summed E-state index contributed by atoms with van der Waals surface area (Å²) in [5.41, 5.74) is 7.73. The lowest BCUT2D eigenvalue weighted by atomic mass is 10.1. The Hall–Kier alpha value is -2.14. The number of aryl methyl sites for hydroxylation is 1. The van der Waals surface area contributed by atoms with Gasteiger partial charge in [0.1, 0.15) is 5.82 Å². The molecular weight excluding hydrogens is 284 g/mol. The van der Waals surface area contributed by atoms with Gasteiger partial charge in [-0.25, -0.2) is 13.8 Å². The zero-order valence-electron chi connectivity index (χ0n) is 10.5. The maximum Gasteiger partial charge on any atom is 0.160 e. The van der Waals surface area contributed by atoms with Gasteiger partial charge in [0, 0.05) is 29.4 Å². The van der Waals surface area contributed by atoms with Gasteiger partial charge >= 0.3 is 0 Å². The summed E-state index contributed by atoms with van der Waals surface area (Å²) in [6.45, 7) is 0. The number of hydrogen-bond donors (Lipinski definition) is 1. The van der Waals surface area contributed by atoms with Crippen LogP contribution in [0.3, 0.4) is 0 Å². The van der Waals surface area contributed by atoms with Gasteiger partial charge < -0.3 is 10.3 Å². The molecule has 0 aliphatic rings. The van der Waals surface area contributed by atoms with Gasteiger partial charge in [-0.05, 0) is 24.3 Å². The average Bonchev–Trinajstić information content (AvgIpc) is 2.70. The fourth-order valence-corrected chi connectivity index (χ4v) is 2.34. The molecule has 1 aromatic heterocycles. The minimum absolute atomic E-state index is 0.133. The Morgan fingerprint density at radius 3 is 2.60 bits per heavy atom. The van der Waals surface area contributed by atoms with Crippen molar-refractivity contribution in [3.8, 4) is 11.4 Å². The molecule has 0 saturated carbocycles. The van der Waals surface area contributed by atoms with Crippen LogP contribution in [-0.2, 0) is 7.05 Å². The van der Waals surface area contributed by atoms with Crippen molar-refractivity contribution in [3.63, 3.8) is 0 Å². The molecular formula is C14H10ClF2N3. The molecule has 0 aliphatic heterocycles. The second-order valence-corrected chi connectivity index (χ2v) is 4.92. The van der Waals surface area contributed by atoms with E-state index in [1.807, 2.05) is 6.07 Å². The Labute approximate surface area is 118 Å². The van der Waals surface area contributed by atoms with E-state index in [2.05, 4.69) is 4.98 Å². The molecule has 102 valence electrons. The third-order valence-corrected chi connectivity index (χ3v) is 3.41. The highest BCUT2D eigenvalue weighted by molar-refractivity contribution is 6.31.